The van der Waals surface area contributed by atoms with Gasteiger partial charge in [-0.3, -0.25) is 19.2 Å². The van der Waals surface area contributed by atoms with Crippen molar-refractivity contribution in [3.05, 3.63) is 35.9 Å². The topological polar surface area (TPSA) is 152 Å². The van der Waals surface area contributed by atoms with E-state index in [1.807, 2.05) is 58.0 Å². The Hall–Kier alpha value is -3.63. The predicted molar refractivity (Wildman–Crippen MR) is 132 cm³/mol. The van der Waals surface area contributed by atoms with Crippen molar-refractivity contribution in [3.63, 3.8) is 0 Å². The molecule has 36 heavy (non-hydrogen) atoms. The van der Waals surface area contributed by atoms with Crippen LogP contribution in [0.4, 0.5) is 4.79 Å². The van der Waals surface area contributed by atoms with Gasteiger partial charge >= 0.3 is 12.1 Å². The molecule has 1 aromatic rings. The van der Waals surface area contributed by atoms with Crippen molar-refractivity contribution in [1.82, 2.24) is 21.3 Å². The maximum absolute atomic E-state index is 13.0. The predicted octanol–water partition coefficient (Wildman–Crippen LogP) is 1.47. The molecule has 0 aliphatic heterocycles. The molecule has 0 radical (unpaired) electrons. The molecule has 11 nitrogen and oxygen atoms in total. The summed E-state index contributed by atoms with van der Waals surface area (Å²) < 4.78 is 9.60. The van der Waals surface area contributed by atoms with E-state index in [0.29, 0.717) is 6.42 Å². The number of carbonyl (C=O) groups excluding carboxylic acids is 5. The molecule has 0 saturated heterocycles. The molecule has 200 valence electrons. The van der Waals surface area contributed by atoms with Crippen LogP contribution in [-0.4, -0.2) is 56.1 Å². The van der Waals surface area contributed by atoms with Gasteiger partial charge in [-0.25, -0.2) is 4.79 Å². The normalized spacial score (nSPS) is 12.3. The molecule has 0 aliphatic carbocycles. The number of amides is 4. The number of carbonyl (C=O) groups is 5. The van der Waals surface area contributed by atoms with Crippen molar-refractivity contribution in [2.45, 2.75) is 53.2 Å². The third-order valence-electron chi connectivity index (χ3n) is 5.02. The quantitative estimate of drug-likeness (QED) is 0.169. The minimum absolute atomic E-state index is 0.00648. The Morgan fingerprint density at radius 3 is 2.03 bits per heavy atom. The highest BCUT2D eigenvalue weighted by Gasteiger charge is 2.31. The number of methoxy groups -OCH3 is 1. The molecule has 4 amide bonds. The van der Waals surface area contributed by atoms with Crippen LogP contribution >= 0.6 is 0 Å². The minimum Gasteiger partial charge on any atom is -0.468 e. The van der Waals surface area contributed by atoms with Gasteiger partial charge in [-0.2, -0.15) is 0 Å². The number of hydrogen-bond acceptors (Lipinski definition) is 7. The molecule has 0 aromatic heterocycles. The summed E-state index contributed by atoms with van der Waals surface area (Å²) >= 11 is 0. The Balaban J connectivity index is 2.69. The summed E-state index contributed by atoms with van der Waals surface area (Å²) in [6.07, 6.45) is -0.180. The molecule has 0 heterocycles. The number of rotatable bonds is 14. The van der Waals surface area contributed by atoms with E-state index >= 15 is 0 Å². The van der Waals surface area contributed by atoms with Crippen LogP contribution in [0.2, 0.25) is 0 Å². The standard InChI is InChI=1S/C25H38N4O7/c1-16(2)11-19(22(31)27-15-28-25(34)36-14-18-9-7-6-8-10-18)23(32)29-20(12-17(3)4)24(33)26-13-21(30)35-5/h6-10,16-17,19-20H,11-15H2,1-5H3,(H,26,33)(H,27,31)(H,28,34)(H,29,32)/t19?,20-/m0/s1. The first kappa shape index (κ1) is 30.4. The summed E-state index contributed by atoms with van der Waals surface area (Å²) in [7, 11) is 1.20. The van der Waals surface area contributed by atoms with Gasteiger partial charge in [0, 0.05) is 0 Å². The lowest BCUT2D eigenvalue weighted by atomic mass is 9.94. The smallest absolute Gasteiger partial charge is 0.408 e. The summed E-state index contributed by atoms with van der Waals surface area (Å²) in [5.74, 6) is -3.40. The third kappa shape index (κ3) is 12.2. The lowest BCUT2D eigenvalue weighted by Crippen LogP contribution is -2.52. The Labute approximate surface area is 212 Å². The lowest BCUT2D eigenvalue weighted by molar-refractivity contribution is -0.141. The number of hydrogen-bond donors (Lipinski definition) is 4. The van der Waals surface area contributed by atoms with Gasteiger partial charge < -0.3 is 30.7 Å². The molecule has 0 bridgehead atoms. The number of alkyl carbamates (subject to hydrolysis) is 1. The van der Waals surface area contributed by atoms with Crippen LogP contribution in [0.5, 0.6) is 0 Å². The van der Waals surface area contributed by atoms with E-state index in [1.165, 1.54) is 7.11 Å². The van der Waals surface area contributed by atoms with Gasteiger partial charge in [0.05, 0.1) is 13.8 Å². The molecule has 1 unspecified atom stereocenters. The van der Waals surface area contributed by atoms with Gasteiger partial charge in [0.1, 0.15) is 25.1 Å². The van der Waals surface area contributed by atoms with E-state index in [1.54, 1.807) is 0 Å². The number of esters is 1. The van der Waals surface area contributed by atoms with Gasteiger partial charge in [-0.05, 0) is 30.2 Å². The summed E-state index contributed by atoms with van der Waals surface area (Å²) in [4.78, 5) is 61.6. The summed E-state index contributed by atoms with van der Waals surface area (Å²) in [6.45, 7) is 7.00. The van der Waals surface area contributed by atoms with Crippen LogP contribution in [0, 0.1) is 17.8 Å². The van der Waals surface area contributed by atoms with Crippen LogP contribution in [0.1, 0.15) is 46.1 Å². The van der Waals surface area contributed by atoms with Crippen LogP contribution < -0.4 is 21.3 Å². The highest BCUT2D eigenvalue weighted by atomic mass is 16.5. The van der Waals surface area contributed by atoms with Gasteiger partial charge in [-0.15, -0.1) is 0 Å². The first-order valence-corrected chi connectivity index (χ1v) is 11.9. The molecule has 1 aromatic carbocycles. The molecular weight excluding hydrogens is 468 g/mol. The Morgan fingerprint density at radius 1 is 0.806 bits per heavy atom. The summed E-state index contributed by atoms with van der Waals surface area (Å²) in [5.41, 5.74) is 0.817. The molecule has 0 aliphatic rings. The second-order valence-corrected chi connectivity index (χ2v) is 9.12. The molecule has 2 atom stereocenters. The highest BCUT2D eigenvalue weighted by molar-refractivity contribution is 6.02. The molecular formula is C25H38N4O7. The SMILES string of the molecule is COC(=O)CNC(=O)[C@H](CC(C)C)NC(=O)C(CC(C)C)C(=O)NCNC(=O)OCc1ccccc1. The maximum atomic E-state index is 13.0. The molecule has 0 spiro atoms. The van der Waals surface area contributed by atoms with Crippen LogP contribution in [0.15, 0.2) is 30.3 Å². The van der Waals surface area contributed by atoms with E-state index in [9.17, 15) is 24.0 Å². The fraction of sp³-hybridized carbons (Fsp3) is 0.560. The maximum Gasteiger partial charge on any atom is 0.408 e. The zero-order valence-corrected chi connectivity index (χ0v) is 21.6. The highest BCUT2D eigenvalue weighted by Crippen LogP contribution is 2.14. The Kier molecular flexibility index (Phi) is 13.6. The molecule has 1 rings (SSSR count). The van der Waals surface area contributed by atoms with Crippen molar-refractivity contribution in [3.8, 4) is 0 Å². The summed E-state index contributed by atoms with van der Waals surface area (Å²) in [5, 5.41) is 10.0. The average molecular weight is 507 g/mol. The summed E-state index contributed by atoms with van der Waals surface area (Å²) in [6, 6.07) is 8.19. The van der Waals surface area contributed by atoms with Gasteiger partial charge in [0.2, 0.25) is 17.7 Å². The number of nitrogens with one attached hydrogen (secondary N) is 4. The molecule has 0 fully saturated rings. The van der Waals surface area contributed by atoms with Gasteiger partial charge in [0.15, 0.2) is 0 Å². The second kappa shape index (κ2) is 16.1. The number of ether oxygens (including phenoxy) is 2. The van der Waals surface area contributed by atoms with Crippen molar-refractivity contribution in [2.75, 3.05) is 20.3 Å². The largest absolute Gasteiger partial charge is 0.468 e. The first-order chi connectivity index (χ1) is 17.0. The Morgan fingerprint density at radius 2 is 1.44 bits per heavy atom. The number of benzene rings is 1. The monoisotopic (exact) mass is 506 g/mol. The fourth-order valence-electron chi connectivity index (χ4n) is 3.24. The van der Waals surface area contributed by atoms with Crippen molar-refractivity contribution in [1.29, 1.82) is 0 Å². The molecule has 0 saturated carbocycles. The van der Waals surface area contributed by atoms with E-state index < -0.39 is 41.7 Å². The van der Waals surface area contributed by atoms with Crippen LogP contribution in [0.25, 0.3) is 0 Å². The van der Waals surface area contributed by atoms with E-state index in [-0.39, 0.29) is 38.1 Å². The third-order valence-corrected chi connectivity index (χ3v) is 5.02. The van der Waals surface area contributed by atoms with Crippen LogP contribution in [0.3, 0.4) is 0 Å². The lowest BCUT2D eigenvalue weighted by Gasteiger charge is -2.24. The van der Waals surface area contributed by atoms with E-state index in [2.05, 4.69) is 26.0 Å². The van der Waals surface area contributed by atoms with E-state index in [4.69, 9.17) is 4.74 Å². The zero-order chi connectivity index (χ0) is 27.1. The van der Waals surface area contributed by atoms with Crippen molar-refractivity contribution in [2.24, 2.45) is 17.8 Å². The molecule has 4 N–H and O–H groups in total. The van der Waals surface area contributed by atoms with E-state index in [0.717, 1.165) is 5.56 Å². The van der Waals surface area contributed by atoms with Gasteiger partial charge in [0.25, 0.3) is 0 Å². The molecule has 11 heteroatoms. The van der Waals surface area contributed by atoms with Crippen molar-refractivity contribution < 1.29 is 33.4 Å². The second-order valence-electron chi connectivity index (χ2n) is 9.12. The Bertz CT molecular complexity index is 874. The van der Waals surface area contributed by atoms with Gasteiger partial charge in [-0.1, -0.05) is 58.0 Å². The zero-order valence-electron chi connectivity index (χ0n) is 21.6. The first-order valence-electron chi connectivity index (χ1n) is 11.9. The average Bonchev–Trinajstić information content (AvgIpc) is 2.83. The fourth-order valence-corrected chi connectivity index (χ4v) is 3.24. The van der Waals surface area contributed by atoms with Crippen molar-refractivity contribution >= 4 is 29.8 Å². The minimum atomic E-state index is -1.09. The van der Waals surface area contributed by atoms with Crippen LogP contribution in [-0.2, 0) is 35.3 Å².